The zero-order valence-electron chi connectivity index (χ0n) is 15.6. The van der Waals surface area contributed by atoms with Crippen LogP contribution in [-0.2, 0) is 17.7 Å². The average molecular weight is 467 g/mol. The SMILES string of the molecule is CCNC(=NCc1cc(CC)no1)NCCNC(=O)OC(C)(C)C.I. The van der Waals surface area contributed by atoms with Crippen LogP contribution in [0.5, 0.6) is 0 Å². The molecule has 0 spiro atoms. The van der Waals surface area contributed by atoms with Crippen molar-refractivity contribution in [2.75, 3.05) is 19.6 Å². The van der Waals surface area contributed by atoms with E-state index in [9.17, 15) is 4.79 Å². The second-order valence-electron chi connectivity index (χ2n) is 6.19. The maximum absolute atomic E-state index is 11.5. The highest BCUT2D eigenvalue weighted by Crippen LogP contribution is 2.06. The molecule has 0 saturated carbocycles. The quantitative estimate of drug-likeness (QED) is 0.247. The summed E-state index contributed by atoms with van der Waals surface area (Å²) in [5.74, 6) is 1.37. The van der Waals surface area contributed by atoms with Gasteiger partial charge in [-0.2, -0.15) is 0 Å². The highest BCUT2D eigenvalue weighted by atomic mass is 127. The number of amides is 1. The lowest BCUT2D eigenvalue weighted by atomic mass is 10.2. The van der Waals surface area contributed by atoms with Crippen LogP contribution < -0.4 is 16.0 Å². The van der Waals surface area contributed by atoms with Gasteiger partial charge < -0.3 is 25.2 Å². The lowest BCUT2D eigenvalue weighted by molar-refractivity contribution is 0.0529. The molecular weight excluding hydrogens is 437 g/mol. The van der Waals surface area contributed by atoms with Crippen LogP contribution in [0, 0.1) is 0 Å². The van der Waals surface area contributed by atoms with Crippen molar-refractivity contribution in [1.29, 1.82) is 0 Å². The van der Waals surface area contributed by atoms with E-state index < -0.39 is 11.7 Å². The standard InChI is InChI=1S/C16H29N5O3.HI/c1-6-12-10-13(24-21-12)11-20-14(17-7-2)18-8-9-19-15(22)23-16(3,4)5;/h10H,6-9,11H2,1-5H3,(H,19,22)(H2,17,18,20);1H. The van der Waals surface area contributed by atoms with Crippen molar-refractivity contribution in [2.45, 2.75) is 53.2 Å². The molecule has 0 fully saturated rings. The monoisotopic (exact) mass is 467 g/mol. The highest BCUT2D eigenvalue weighted by Gasteiger charge is 2.15. The molecule has 3 N–H and O–H groups in total. The number of nitrogens with one attached hydrogen (secondary N) is 3. The van der Waals surface area contributed by atoms with Crippen molar-refractivity contribution in [2.24, 2.45) is 4.99 Å². The Morgan fingerprint density at radius 1 is 1.24 bits per heavy atom. The number of guanidine groups is 1. The number of carbonyl (C=O) groups excluding carboxylic acids is 1. The largest absolute Gasteiger partial charge is 0.444 e. The Morgan fingerprint density at radius 3 is 2.48 bits per heavy atom. The van der Waals surface area contributed by atoms with Crippen LogP contribution in [0.15, 0.2) is 15.6 Å². The smallest absolute Gasteiger partial charge is 0.407 e. The minimum Gasteiger partial charge on any atom is -0.444 e. The molecule has 25 heavy (non-hydrogen) atoms. The zero-order chi connectivity index (χ0) is 18.0. The van der Waals surface area contributed by atoms with E-state index in [1.807, 2.05) is 40.7 Å². The molecule has 1 heterocycles. The molecule has 0 bridgehead atoms. The Kier molecular flexibility index (Phi) is 11.2. The lowest BCUT2D eigenvalue weighted by Gasteiger charge is -2.19. The first-order valence-electron chi connectivity index (χ1n) is 8.27. The van der Waals surface area contributed by atoms with Gasteiger partial charge in [0, 0.05) is 25.7 Å². The van der Waals surface area contributed by atoms with Crippen molar-refractivity contribution in [3.8, 4) is 0 Å². The maximum atomic E-state index is 11.5. The summed E-state index contributed by atoms with van der Waals surface area (Å²) >= 11 is 0. The first-order valence-corrected chi connectivity index (χ1v) is 8.27. The van der Waals surface area contributed by atoms with Crippen molar-refractivity contribution >= 4 is 36.0 Å². The molecule has 1 rings (SSSR count). The molecule has 0 aromatic carbocycles. The van der Waals surface area contributed by atoms with Crippen molar-refractivity contribution in [3.63, 3.8) is 0 Å². The summed E-state index contributed by atoms with van der Waals surface area (Å²) in [6.45, 7) is 11.6. The van der Waals surface area contributed by atoms with E-state index in [1.165, 1.54) is 0 Å². The van der Waals surface area contributed by atoms with E-state index in [0.29, 0.717) is 25.6 Å². The summed E-state index contributed by atoms with van der Waals surface area (Å²) in [5.41, 5.74) is 0.419. The first-order chi connectivity index (χ1) is 11.3. The number of aliphatic imine (C=N–C) groups is 1. The van der Waals surface area contributed by atoms with Crippen LogP contribution in [0.3, 0.4) is 0 Å². The number of aryl methyl sites for hydroxylation is 1. The van der Waals surface area contributed by atoms with Gasteiger partial charge in [0.05, 0.1) is 5.69 Å². The molecule has 1 amide bonds. The Bertz CT molecular complexity index is 540. The van der Waals surface area contributed by atoms with Crippen LogP contribution in [0.2, 0.25) is 0 Å². The van der Waals surface area contributed by atoms with E-state index in [0.717, 1.165) is 24.4 Å². The third kappa shape index (κ3) is 10.8. The molecular formula is C16H30IN5O3. The van der Waals surface area contributed by atoms with Gasteiger partial charge in [-0.3, -0.25) is 0 Å². The molecule has 0 aliphatic carbocycles. The van der Waals surface area contributed by atoms with E-state index >= 15 is 0 Å². The van der Waals surface area contributed by atoms with Crippen LogP contribution in [0.1, 0.15) is 46.1 Å². The van der Waals surface area contributed by atoms with E-state index in [2.05, 4.69) is 26.1 Å². The van der Waals surface area contributed by atoms with Gasteiger partial charge in [0.15, 0.2) is 11.7 Å². The third-order valence-corrected chi connectivity index (χ3v) is 2.79. The maximum Gasteiger partial charge on any atom is 0.407 e. The second kappa shape index (κ2) is 11.9. The molecule has 0 radical (unpaired) electrons. The topological polar surface area (TPSA) is 101 Å². The van der Waals surface area contributed by atoms with Crippen LogP contribution in [-0.4, -0.2) is 42.4 Å². The van der Waals surface area contributed by atoms with Crippen LogP contribution >= 0.6 is 24.0 Å². The molecule has 0 aliphatic rings. The Hall–Kier alpha value is -1.52. The molecule has 1 aromatic rings. The summed E-state index contributed by atoms with van der Waals surface area (Å²) in [6, 6.07) is 1.90. The van der Waals surface area contributed by atoms with Gasteiger partial charge in [0.25, 0.3) is 0 Å². The van der Waals surface area contributed by atoms with Gasteiger partial charge in [-0.1, -0.05) is 12.1 Å². The van der Waals surface area contributed by atoms with Crippen LogP contribution in [0.25, 0.3) is 0 Å². The predicted molar refractivity (Wildman–Crippen MR) is 108 cm³/mol. The Morgan fingerprint density at radius 2 is 1.92 bits per heavy atom. The average Bonchev–Trinajstić information content (AvgIpc) is 2.95. The second-order valence-corrected chi connectivity index (χ2v) is 6.19. The van der Waals surface area contributed by atoms with Crippen molar-refractivity contribution in [3.05, 3.63) is 17.5 Å². The van der Waals surface area contributed by atoms with Gasteiger partial charge in [-0.05, 0) is 34.1 Å². The lowest BCUT2D eigenvalue weighted by Crippen LogP contribution is -2.42. The fourth-order valence-electron chi connectivity index (χ4n) is 1.76. The number of halogens is 1. The number of aromatic nitrogens is 1. The normalized spacial score (nSPS) is 11.5. The summed E-state index contributed by atoms with van der Waals surface area (Å²) < 4.78 is 10.4. The minimum absolute atomic E-state index is 0. The van der Waals surface area contributed by atoms with E-state index in [-0.39, 0.29) is 24.0 Å². The molecule has 144 valence electrons. The third-order valence-electron chi connectivity index (χ3n) is 2.79. The predicted octanol–water partition coefficient (Wildman–Crippen LogP) is 2.43. The molecule has 0 saturated heterocycles. The van der Waals surface area contributed by atoms with Gasteiger partial charge >= 0.3 is 6.09 Å². The number of carbonyl (C=O) groups is 1. The molecule has 0 aliphatic heterocycles. The molecule has 0 atom stereocenters. The first kappa shape index (κ1) is 23.5. The number of rotatable bonds is 7. The van der Waals surface area contributed by atoms with Gasteiger partial charge in [-0.15, -0.1) is 24.0 Å². The zero-order valence-corrected chi connectivity index (χ0v) is 18.0. The van der Waals surface area contributed by atoms with Crippen LogP contribution in [0.4, 0.5) is 4.79 Å². The van der Waals surface area contributed by atoms with Gasteiger partial charge in [-0.25, -0.2) is 9.79 Å². The molecule has 8 nitrogen and oxygen atoms in total. The van der Waals surface area contributed by atoms with E-state index in [4.69, 9.17) is 9.26 Å². The summed E-state index contributed by atoms with van der Waals surface area (Å²) in [4.78, 5) is 16.0. The number of nitrogens with zero attached hydrogens (tertiary/aromatic N) is 2. The van der Waals surface area contributed by atoms with Gasteiger partial charge in [0.2, 0.25) is 0 Å². The number of hydrogen-bond donors (Lipinski definition) is 3. The van der Waals surface area contributed by atoms with Gasteiger partial charge in [0.1, 0.15) is 12.1 Å². The summed E-state index contributed by atoms with van der Waals surface area (Å²) in [6.07, 6.45) is 0.405. The number of hydrogen-bond acceptors (Lipinski definition) is 5. The Balaban J connectivity index is 0.00000576. The van der Waals surface area contributed by atoms with Crippen molar-refractivity contribution < 1.29 is 14.1 Å². The fourth-order valence-corrected chi connectivity index (χ4v) is 1.76. The molecule has 0 unspecified atom stereocenters. The fraction of sp³-hybridized carbons (Fsp3) is 0.688. The minimum atomic E-state index is -0.498. The molecule has 1 aromatic heterocycles. The number of alkyl carbamates (subject to hydrolysis) is 1. The van der Waals surface area contributed by atoms with Crippen molar-refractivity contribution in [1.82, 2.24) is 21.1 Å². The summed E-state index contributed by atoms with van der Waals surface area (Å²) in [5, 5.41) is 12.9. The molecule has 9 heteroatoms. The Labute approximate surface area is 166 Å². The van der Waals surface area contributed by atoms with E-state index in [1.54, 1.807) is 0 Å². The number of ether oxygens (including phenoxy) is 1. The highest BCUT2D eigenvalue weighted by molar-refractivity contribution is 14.0. The summed E-state index contributed by atoms with van der Waals surface area (Å²) in [7, 11) is 0.